The number of nitrogens with zero attached hydrogens (tertiary/aromatic N) is 3. The van der Waals surface area contributed by atoms with Crippen molar-refractivity contribution in [3.8, 4) is 0 Å². The first-order chi connectivity index (χ1) is 12.6. The number of para-hydroxylation sites is 1. The molecule has 2 aromatic rings. The molecule has 3 aliphatic rings. The fourth-order valence-electron chi connectivity index (χ4n) is 5.15. The van der Waals surface area contributed by atoms with Gasteiger partial charge in [0.05, 0.1) is 18.4 Å². The van der Waals surface area contributed by atoms with E-state index in [1.165, 1.54) is 11.3 Å². The van der Waals surface area contributed by atoms with Gasteiger partial charge in [0.15, 0.2) is 0 Å². The number of aliphatic hydroxyl groups is 2. The van der Waals surface area contributed by atoms with Crippen LogP contribution in [-0.4, -0.2) is 45.9 Å². The first-order valence-corrected chi connectivity index (χ1v) is 9.37. The molecule has 6 nitrogen and oxygen atoms in total. The number of nitrogens with one attached hydrogen (secondary N) is 1. The van der Waals surface area contributed by atoms with Gasteiger partial charge in [0, 0.05) is 35.8 Å². The highest BCUT2D eigenvalue weighted by atomic mass is 16.3. The molecule has 0 radical (unpaired) electrons. The lowest BCUT2D eigenvalue weighted by molar-refractivity contribution is 0.170. The van der Waals surface area contributed by atoms with Gasteiger partial charge in [0.2, 0.25) is 0 Å². The Morgan fingerprint density at radius 1 is 1.31 bits per heavy atom. The molecular weight excluding hydrogens is 328 g/mol. The molecule has 3 N–H and O–H groups in total. The molecule has 1 aromatic heterocycles. The van der Waals surface area contributed by atoms with Crippen LogP contribution >= 0.6 is 0 Å². The zero-order valence-corrected chi connectivity index (χ0v) is 14.9. The van der Waals surface area contributed by atoms with Crippen LogP contribution in [0.2, 0.25) is 0 Å². The zero-order valence-electron chi connectivity index (χ0n) is 14.9. The Hall–Kier alpha value is -2.02. The van der Waals surface area contributed by atoms with Gasteiger partial charge >= 0.3 is 0 Å². The van der Waals surface area contributed by atoms with E-state index in [-0.39, 0.29) is 24.0 Å². The Morgan fingerprint density at radius 2 is 2.15 bits per heavy atom. The zero-order chi connectivity index (χ0) is 17.9. The summed E-state index contributed by atoms with van der Waals surface area (Å²) < 4.78 is 0. The van der Waals surface area contributed by atoms with Crippen LogP contribution in [0.15, 0.2) is 30.6 Å². The first-order valence-electron chi connectivity index (χ1n) is 9.37. The third-order valence-corrected chi connectivity index (χ3v) is 6.35. The summed E-state index contributed by atoms with van der Waals surface area (Å²) in [6, 6.07) is 8.65. The molecule has 0 unspecified atom stereocenters. The highest BCUT2D eigenvalue weighted by Crippen LogP contribution is 2.51. The van der Waals surface area contributed by atoms with E-state index in [1.807, 2.05) is 0 Å². The van der Waals surface area contributed by atoms with Crippen LogP contribution < -0.4 is 10.2 Å². The van der Waals surface area contributed by atoms with Crippen LogP contribution in [0.1, 0.15) is 48.6 Å². The van der Waals surface area contributed by atoms with Crippen molar-refractivity contribution in [3.05, 3.63) is 47.4 Å². The Balaban J connectivity index is 1.63. The molecule has 0 saturated carbocycles. The van der Waals surface area contributed by atoms with Crippen molar-refractivity contribution in [2.75, 3.05) is 24.6 Å². The molecule has 1 fully saturated rings. The highest BCUT2D eigenvalue weighted by Gasteiger charge is 2.49. The van der Waals surface area contributed by atoms with Crippen LogP contribution in [0, 0.1) is 0 Å². The quantitative estimate of drug-likeness (QED) is 0.764. The third-order valence-electron chi connectivity index (χ3n) is 6.35. The van der Waals surface area contributed by atoms with Crippen molar-refractivity contribution in [2.24, 2.45) is 0 Å². The summed E-state index contributed by atoms with van der Waals surface area (Å²) in [4.78, 5) is 11.3. The summed E-state index contributed by atoms with van der Waals surface area (Å²) >= 11 is 0. The Labute approximate surface area is 152 Å². The number of rotatable bonds is 2. The number of benzene rings is 1. The number of aliphatic hydroxyl groups excluding tert-OH is 2. The topological polar surface area (TPSA) is 81.5 Å². The second kappa shape index (κ2) is 5.74. The molecule has 1 saturated heterocycles. The highest BCUT2D eigenvalue weighted by molar-refractivity contribution is 5.74. The van der Waals surface area contributed by atoms with Gasteiger partial charge in [-0.05, 0) is 30.4 Å². The van der Waals surface area contributed by atoms with Crippen molar-refractivity contribution in [2.45, 2.75) is 43.2 Å². The molecule has 4 atom stereocenters. The minimum Gasteiger partial charge on any atom is -0.395 e. The summed E-state index contributed by atoms with van der Waals surface area (Å²) in [5, 5.41) is 23.4. The van der Waals surface area contributed by atoms with Crippen LogP contribution in [0.3, 0.4) is 0 Å². The lowest BCUT2D eigenvalue weighted by atomic mass is 9.80. The van der Waals surface area contributed by atoms with Gasteiger partial charge in [0.25, 0.3) is 0 Å². The molecule has 2 aliphatic heterocycles. The van der Waals surface area contributed by atoms with Crippen molar-refractivity contribution >= 4 is 11.5 Å². The van der Waals surface area contributed by atoms with E-state index in [2.05, 4.69) is 51.4 Å². The Kier molecular flexibility index (Phi) is 3.57. The molecule has 6 heteroatoms. The molecule has 1 spiro atoms. The number of anilines is 2. The van der Waals surface area contributed by atoms with E-state index in [0.29, 0.717) is 6.42 Å². The van der Waals surface area contributed by atoms with E-state index in [9.17, 15) is 10.2 Å². The van der Waals surface area contributed by atoms with Crippen LogP contribution in [0.25, 0.3) is 0 Å². The maximum absolute atomic E-state index is 10.3. The second-order valence-corrected chi connectivity index (χ2v) is 8.00. The van der Waals surface area contributed by atoms with Crippen molar-refractivity contribution < 1.29 is 10.2 Å². The fourth-order valence-corrected chi connectivity index (χ4v) is 5.15. The van der Waals surface area contributed by atoms with Gasteiger partial charge in [0.1, 0.15) is 12.1 Å². The molecule has 3 heterocycles. The lowest BCUT2D eigenvalue weighted by Crippen LogP contribution is -2.34. The van der Waals surface area contributed by atoms with Crippen LogP contribution in [-0.2, 0) is 5.41 Å². The molecule has 0 bridgehead atoms. The minimum atomic E-state index is -0.500. The maximum atomic E-state index is 10.3. The van der Waals surface area contributed by atoms with E-state index in [1.54, 1.807) is 6.33 Å². The number of aromatic nitrogens is 2. The second-order valence-electron chi connectivity index (χ2n) is 8.00. The van der Waals surface area contributed by atoms with Crippen molar-refractivity contribution in [1.29, 1.82) is 0 Å². The predicted octanol–water partition coefficient (Wildman–Crippen LogP) is 1.76. The first kappa shape index (κ1) is 16.2. The standard InChI is InChI=1S/C20H24N4O2/c1-12-6-16(26)18-17(12)19(23-11-22-18)24-10-20(7-13(8-25)21-9-20)14-4-2-3-5-15(14)24/h2-5,11-13,16,21,25-26H,6-10H2,1H3/t12-,13+,16-,20+/m1/s1. The smallest absolute Gasteiger partial charge is 0.140 e. The summed E-state index contributed by atoms with van der Waals surface area (Å²) in [6.07, 6.45) is 2.70. The molecular formula is C20H24N4O2. The van der Waals surface area contributed by atoms with Crippen molar-refractivity contribution in [1.82, 2.24) is 15.3 Å². The monoisotopic (exact) mass is 352 g/mol. The lowest BCUT2D eigenvalue weighted by Gasteiger charge is -2.26. The molecule has 1 aromatic carbocycles. The van der Waals surface area contributed by atoms with Gasteiger partial charge < -0.3 is 20.4 Å². The third kappa shape index (κ3) is 2.16. The van der Waals surface area contributed by atoms with Gasteiger partial charge in [-0.3, -0.25) is 0 Å². The van der Waals surface area contributed by atoms with Gasteiger partial charge in [-0.2, -0.15) is 0 Å². The maximum Gasteiger partial charge on any atom is 0.140 e. The van der Waals surface area contributed by atoms with E-state index in [0.717, 1.165) is 36.6 Å². The Morgan fingerprint density at radius 3 is 2.96 bits per heavy atom. The summed E-state index contributed by atoms with van der Waals surface area (Å²) in [5.74, 6) is 1.17. The molecule has 26 heavy (non-hydrogen) atoms. The average Bonchev–Trinajstić information content (AvgIpc) is 3.32. The Bertz CT molecular complexity index is 857. The normalized spacial score (nSPS) is 32.3. The van der Waals surface area contributed by atoms with E-state index < -0.39 is 6.10 Å². The van der Waals surface area contributed by atoms with E-state index >= 15 is 0 Å². The van der Waals surface area contributed by atoms with Crippen molar-refractivity contribution in [3.63, 3.8) is 0 Å². The summed E-state index contributed by atoms with van der Waals surface area (Å²) in [5.41, 5.74) is 4.35. The van der Waals surface area contributed by atoms with Gasteiger partial charge in [-0.25, -0.2) is 9.97 Å². The van der Waals surface area contributed by atoms with Gasteiger partial charge in [-0.15, -0.1) is 0 Å². The fraction of sp³-hybridized carbons (Fsp3) is 0.500. The number of fused-ring (bicyclic) bond motifs is 3. The molecule has 136 valence electrons. The summed E-state index contributed by atoms with van der Waals surface area (Å²) in [7, 11) is 0. The summed E-state index contributed by atoms with van der Waals surface area (Å²) in [6.45, 7) is 3.99. The molecule has 5 rings (SSSR count). The van der Waals surface area contributed by atoms with Crippen LogP contribution in [0.4, 0.5) is 11.5 Å². The van der Waals surface area contributed by atoms with Crippen LogP contribution in [0.5, 0.6) is 0 Å². The largest absolute Gasteiger partial charge is 0.395 e. The molecule has 1 aliphatic carbocycles. The number of hydrogen-bond acceptors (Lipinski definition) is 6. The predicted molar refractivity (Wildman–Crippen MR) is 98.6 cm³/mol. The SMILES string of the molecule is C[C@@H]1C[C@@H](O)c2ncnc(N3C[C@]4(CN[C@H](CO)C4)c4ccccc43)c21. The molecule has 0 amide bonds. The number of hydrogen-bond donors (Lipinski definition) is 3. The van der Waals surface area contributed by atoms with Gasteiger partial charge in [-0.1, -0.05) is 25.1 Å². The minimum absolute atomic E-state index is 0.0116. The average molecular weight is 352 g/mol. The van der Waals surface area contributed by atoms with E-state index in [4.69, 9.17) is 0 Å².